The number of nitrogens with zero attached hydrogens (tertiary/aromatic N) is 1. The molecule has 0 aliphatic carbocycles. The highest BCUT2D eigenvalue weighted by molar-refractivity contribution is 4.97. The SMILES string of the molecule is CC1(C)CN(CCOCC(F)(F)F)C(C)(C)CN1. The highest BCUT2D eigenvalue weighted by Crippen LogP contribution is 2.23. The molecule has 0 aromatic heterocycles. The number of alkyl halides is 3. The molecule has 0 radical (unpaired) electrons. The quantitative estimate of drug-likeness (QED) is 0.790. The number of hydrogen-bond acceptors (Lipinski definition) is 3. The Morgan fingerprint density at radius 3 is 2.39 bits per heavy atom. The van der Waals surface area contributed by atoms with Gasteiger partial charge in [-0.15, -0.1) is 0 Å². The first kappa shape index (κ1) is 15.7. The van der Waals surface area contributed by atoms with Crippen LogP contribution in [0.4, 0.5) is 13.2 Å². The third-order valence-corrected chi connectivity index (χ3v) is 3.21. The van der Waals surface area contributed by atoms with Gasteiger partial charge in [0.1, 0.15) is 6.61 Å². The van der Waals surface area contributed by atoms with Gasteiger partial charge in [-0.2, -0.15) is 13.2 Å². The number of halogens is 3. The van der Waals surface area contributed by atoms with Crippen LogP contribution in [0.15, 0.2) is 0 Å². The van der Waals surface area contributed by atoms with E-state index in [9.17, 15) is 13.2 Å². The fourth-order valence-electron chi connectivity index (χ4n) is 2.06. The Balaban J connectivity index is 2.39. The lowest BCUT2D eigenvalue weighted by molar-refractivity contribution is -0.175. The Morgan fingerprint density at radius 1 is 1.22 bits per heavy atom. The van der Waals surface area contributed by atoms with Crippen LogP contribution in [0.1, 0.15) is 27.7 Å². The molecule has 0 spiro atoms. The van der Waals surface area contributed by atoms with E-state index in [4.69, 9.17) is 0 Å². The molecule has 18 heavy (non-hydrogen) atoms. The lowest BCUT2D eigenvalue weighted by Gasteiger charge is -2.49. The first-order valence-electron chi connectivity index (χ1n) is 6.16. The zero-order valence-electron chi connectivity index (χ0n) is 11.5. The molecule has 0 aromatic rings. The largest absolute Gasteiger partial charge is 0.411 e. The van der Waals surface area contributed by atoms with Gasteiger partial charge >= 0.3 is 6.18 Å². The summed E-state index contributed by atoms with van der Waals surface area (Å²) in [6.45, 7) is 9.43. The number of piperazine rings is 1. The maximum Gasteiger partial charge on any atom is 0.411 e. The normalized spacial score (nSPS) is 24.2. The highest BCUT2D eigenvalue weighted by atomic mass is 19.4. The fourth-order valence-corrected chi connectivity index (χ4v) is 2.06. The van der Waals surface area contributed by atoms with Gasteiger partial charge in [0.15, 0.2) is 0 Å². The Kier molecular flexibility index (Phi) is 4.67. The van der Waals surface area contributed by atoms with Crippen molar-refractivity contribution in [2.24, 2.45) is 0 Å². The maximum absolute atomic E-state index is 11.9. The van der Waals surface area contributed by atoms with E-state index >= 15 is 0 Å². The van der Waals surface area contributed by atoms with Gasteiger partial charge in [-0.05, 0) is 27.7 Å². The van der Waals surface area contributed by atoms with Crippen molar-refractivity contribution in [2.45, 2.75) is 44.9 Å². The molecule has 108 valence electrons. The summed E-state index contributed by atoms with van der Waals surface area (Å²) in [5, 5.41) is 3.43. The van der Waals surface area contributed by atoms with Crippen molar-refractivity contribution in [1.82, 2.24) is 10.2 Å². The molecule has 1 saturated heterocycles. The van der Waals surface area contributed by atoms with Crippen molar-refractivity contribution in [2.75, 3.05) is 32.8 Å². The first-order valence-corrected chi connectivity index (χ1v) is 6.16. The smallest absolute Gasteiger partial charge is 0.371 e. The average molecular weight is 268 g/mol. The molecule has 1 rings (SSSR count). The van der Waals surface area contributed by atoms with Gasteiger partial charge in [0.25, 0.3) is 0 Å². The Bertz CT molecular complexity index is 277. The minimum Gasteiger partial charge on any atom is -0.371 e. The zero-order chi connectivity index (χ0) is 14.0. The summed E-state index contributed by atoms with van der Waals surface area (Å²) in [5.74, 6) is 0. The Hall–Kier alpha value is -0.330. The Labute approximate surface area is 107 Å². The summed E-state index contributed by atoms with van der Waals surface area (Å²) >= 11 is 0. The minimum atomic E-state index is -4.24. The number of hydrogen-bond donors (Lipinski definition) is 1. The molecule has 1 fully saturated rings. The van der Waals surface area contributed by atoms with E-state index in [1.807, 2.05) is 0 Å². The molecule has 1 aliphatic heterocycles. The lowest BCUT2D eigenvalue weighted by atomic mass is 9.91. The molecule has 0 atom stereocenters. The number of ether oxygens (including phenoxy) is 1. The van der Waals surface area contributed by atoms with Crippen LogP contribution < -0.4 is 5.32 Å². The summed E-state index contributed by atoms with van der Waals surface area (Å²) in [5.41, 5.74) is -0.0728. The average Bonchev–Trinajstić information content (AvgIpc) is 2.17. The van der Waals surface area contributed by atoms with Gasteiger partial charge in [0, 0.05) is 30.7 Å². The van der Waals surface area contributed by atoms with Crippen LogP contribution in [0.3, 0.4) is 0 Å². The molecule has 6 heteroatoms. The molecule has 0 aromatic carbocycles. The van der Waals surface area contributed by atoms with Gasteiger partial charge < -0.3 is 10.1 Å². The molecule has 1 aliphatic rings. The standard InChI is InChI=1S/C12H23F3N2O/c1-10(2)8-17(11(3,4)7-16-10)5-6-18-9-12(13,14)15/h16H,5-9H2,1-4H3. The van der Waals surface area contributed by atoms with Crippen molar-refractivity contribution < 1.29 is 17.9 Å². The lowest BCUT2D eigenvalue weighted by Crippen LogP contribution is -2.66. The highest BCUT2D eigenvalue weighted by Gasteiger charge is 2.37. The van der Waals surface area contributed by atoms with E-state index in [0.717, 1.165) is 13.1 Å². The van der Waals surface area contributed by atoms with Crippen molar-refractivity contribution in [3.63, 3.8) is 0 Å². The van der Waals surface area contributed by atoms with Crippen molar-refractivity contribution >= 4 is 0 Å². The summed E-state index contributed by atoms with van der Waals surface area (Å²) in [6.07, 6.45) is -4.24. The predicted molar refractivity (Wildman–Crippen MR) is 64.6 cm³/mol. The van der Waals surface area contributed by atoms with E-state index in [1.165, 1.54) is 0 Å². The zero-order valence-corrected chi connectivity index (χ0v) is 11.5. The third-order valence-electron chi connectivity index (χ3n) is 3.21. The molecular formula is C12H23F3N2O. The monoisotopic (exact) mass is 268 g/mol. The molecule has 0 amide bonds. The van der Waals surface area contributed by atoms with Crippen molar-refractivity contribution in [3.8, 4) is 0 Å². The van der Waals surface area contributed by atoms with E-state index in [2.05, 4.69) is 42.6 Å². The van der Waals surface area contributed by atoms with Crippen molar-refractivity contribution in [1.29, 1.82) is 0 Å². The molecular weight excluding hydrogens is 245 g/mol. The summed E-state index contributed by atoms with van der Waals surface area (Å²) in [7, 11) is 0. The summed E-state index contributed by atoms with van der Waals surface area (Å²) in [6, 6.07) is 0. The number of rotatable bonds is 4. The van der Waals surface area contributed by atoms with Gasteiger partial charge in [0.05, 0.1) is 6.61 Å². The Morgan fingerprint density at radius 2 is 1.83 bits per heavy atom. The van der Waals surface area contributed by atoms with Gasteiger partial charge in [-0.3, -0.25) is 4.90 Å². The topological polar surface area (TPSA) is 24.5 Å². The van der Waals surface area contributed by atoms with E-state index < -0.39 is 12.8 Å². The van der Waals surface area contributed by atoms with Crippen LogP contribution in [-0.2, 0) is 4.74 Å². The van der Waals surface area contributed by atoms with Crippen LogP contribution >= 0.6 is 0 Å². The van der Waals surface area contributed by atoms with E-state index in [0.29, 0.717) is 6.54 Å². The first-order chi connectivity index (χ1) is 8.02. The summed E-state index contributed by atoms with van der Waals surface area (Å²) < 4.78 is 40.5. The van der Waals surface area contributed by atoms with Crippen LogP contribution in [0.5, 0.6) is 0 Å². The second-order valence-corrected chi connectivity index (χ2v) is 6.14. The second kappa shape index (κ2) is 5.35. The van der Waals surface area contributed by atoms with Gasteiger partial charge in [0.2, 0.25) is 0 Å². The third kappa shape index (κ3) is 5.12. The van der Waals surface area contributed by atoms with Crippen LogP contribution in [0.25, 0.3) is 0 Å². The van der Waals surface area contributed by atoms with Crippen LogP contribution in [0, 0.1) is 0 Å². The summed E-state index contributed by atoms with van der Waals surface area (Å²) in [4.78, 5) is 2.18. The van der Waals surface area contributed by atoms with Crippen LogP contribution in [-0.4, -0.2) is 55.0 Å². The second-order valence-electron chi connectivity index (χ2n) is 6.14. The maximum atomic E-state index is 11.9. The number of nitrogens with one attached hydrogen (secondary N) is 1. The molecule has 3 nitrogen and oxygen atoms in total. The van der Waals surface area contributed by atoms with Gasteiger partial charge in [-0.1, -0.05) is 0 Å². The minimum absolute atomic E-state index is 0.0143. The molecule has 1 heterocycles. The predicted octanol–water partition coefficient (Wildman–Crippen LogP) is 2.03. The van der Waals surface area contributed by atoms with Gasteiger partial charge in [-0.25, -0.2) is 0 Å². The molecule has 1 N–H and O–H groups in total. The van der Waals surface area contributed by atoms with Crippen molar-refractivity contribution in [3.05, 3.63) is 0 Å². The molecule has 0 bridgehead atoms. The van der Waals surface area contributed by atoms with Crippen LogP contribution in [0.2, 0.25) is 0 Å². The molecule has 0 saturated carbocycles. The molecule has 0 unspecified atom stereocenters. The van der Waals surface area contributed by atoms with E-state index in [1.54, 1.807) is 0 Å². The van der Waals surface area contributed by atoms with E-state index in [-0.39, 0.29) is 17.7 Å². The fraction of sp³-hybridized carbons (Fsp3) is 1.00.